The van der Waals surface area contributed by atoms with Crippen molar-refractivity contribution in [2.75, 3.05) is 0 Å². The van der Waals surface area contributed by atoms with Gasteiger partial charge >= 0.3 is 0 Å². The molecule has 2 rings (SSSR count). The molecule has 15 heavy (non-hydrogen) atoms. The Kier molecular flexibility index (Phi) is 2.90. The Labute approximate surface area is 89.6 Å². The van der Waals surface area contributed by atoms with Gasteiger partial charge in [-0.1, -0.05) is 29.4 Å². The number of aryl methyl sites for hydroxylation is 1. The van der Waals surface area contributed by atoms with Gasteiger partial charge in [-0.25, -0.2) is 0 Å². The van der Waals surface area contributed by atoms with E-state index in [0.717, 1.165) is 12.8 Å². The smallest absolute Gasteiger partial charge is 0.139 e. The number of hydrogen-bond donors (Lipinski definition) is 2. The number of fused-ring (bicyclic) bond motifs is 1. The monoisotopic (exact) mass is 204 g/mol. The third kappa shape index (κ3) is 2.12. The highest BCUT2D eigenvalue weighted by molar-refractivity contribution is 5.80. The number of rotatable bonds is 2. The maximum atomic E-state index is 8.58. The summed E-state index contributed by atoms with van der Waals surface area (Å²) in [5, 5.41) is 11.6. The van der Waals surface area contributed by atoms with E-state index in [4.69, 9.17) is 10.9 Å². The molecule has 0 fully saturated rings. The van der Waals surface area contributed by atoms with Gasteiger partial charge in [0.05, 0.1) is 0 Å². The molecule has 3 nitrogen and oxygen atoms in total. The van der Waals surface area contributed by atoms with Crippen LogP contribution in [0.15, 0.2) is 29.4 Å². The second-order valence-electron chi connectivity index (χ2n) is 4.08. The van der Waals surface area contributed by atoms with Crippen molar-refractivity contribution >= 4 is 5.84 Å². The van der Waals surface area contributed by atoms with Gasteiger partial charge in [-0.3, -0.25) is 0 Å². The van der Waals surface area contributed by atoms with Crippen LogP contribution in [0.3, 0.4) is 0 Å². The van der Waals surface area contributed by atoms with Gasteiger partial charge in [0, 0.05) is 6.42 Å². The largest absolute Gasteiger partial charge is 0.409 e. The molecule has 1 unspecified atom stereocenters. The van der Waals surface area contributed by atoms with Crippen LogP contribution >= 0.6 is 0 Å². The van der Waals surface area contributed by atoms with Gasteiger partial charge < -0.3 is 10.9 Å². The molecule has 1 aliphatic carbocycles. The van der Waals surface area contributed by atoms with Gasteiger partial charge in [-0.05, 0) is 36.3 Å². The quantitative estimate of drug-likeness (QED) is 0.336. The van der Waals surface area contributed by atoms with Crippen LogP contribution in [-0.4, -0.2) is 11.0 Å². The highest BCUT2D eigenvalue weighted by atomic mass is 16.4. The molecule has 3 heteroatoms. The lowest BCUT2D eigenvalue weighted by molar-refractivity contribution is 0.316. The minimum atomic E-state index is 0.330. The minimum Gasteiger partial charge on any atom is -0.409 e. The molecule has 0 bridgehead atoms. The van der Waals surface area contributed by atoms with Crippen LogP contribution in [0.1, 0.15) is 36.3 Å². The maximum absolute atomic E-state index is 8.58. The zero-order chi connectivity index (χ0) is 10.7. The Morgan fingerprint density at radius 2 is 2.27 bits per heavy atom. The zero-order valence-corrected chi connectivity index (χ0v) is 8.69. The molecule has 0 heterocycles. The molecule has 0 aromatic heterocycles. The summed E-state index contributed by atoms with van der Waals surface area (Å²) in [7, 11) is 0. The van der Waals surface area contributed by atoms with E-state index in [1.54, 1.807) is 0 Å². The van der Waals surface area contributed by atoms with Gasteiger partial charge in [-0.15, -0.1) is 0 Å². The first-order valence-electron chi connectivity index (χ1n) is 5.35. The van der Waals surface area contributed by atoms with Crippen LogP contribution in [0, 0.1) is 0 Å². The second-order valence-corrected chi connectivity index (χ2v) is 4.08. The maximum Gasteiger partial charge on any atom is 0.139 e. The van der Waals surface area contributed by atoms with E-state index in [2.05, 4.69) is 29.4 Å². The Morgan fingerprint density at radius 1 is 1.47 bits per heavy atom. The van der Waals surface area contributed by atoms with Crippen molar-refractivity contribution in [1.82, 2.24) is 0 Å². The summed E-state index contributed by atoms with van der Waals surface area (Å²) in [5.41, 5.74) is 8.35. The molecule has 0 amide bonds. The SMILES string of the molecule is NC(CC1CCCc2ccccc21)=NO. The number of nitrogens with zero attached hydrogens (tertiary/aromatic N) is 1. The molecule has 1 aromatic rings. The molecule has 0 spiro atoms. The highest BCUT2D eigenvalue weighted by Gasteiger charge is 2.20. The summed E-state index contributed by atoms with van der Waals surface area (Å²) in [5.74, 6) is 0.752. The number of hydrogen-bond acceptors (Lipinski definition) is 2. The fraction of sp³-hybridized carbons (Fsp3) is 0.417. The van der Waals surface area contributed by atoms with Crippen molar-refractivity contribution < 1.29 is 5.21 Å². The minimum absolute atomic E-state index is 0.330. The standard InChI is InChI=1S/C12H16N2O/c13-12(14-15)8-10-6-3-5-9-4-1-2-7-11(9)10/h1-2,4,7,10,15H,3,5-6,8H2,(H2,13,14). The lowest BCUT2D eigenvalue weighted by Crippen LogP contribution is -2.19. The Hall–Kier alpha value is -1.51. The fourth-order valence-corrected chi connectivity index (χ4v) is 2.36. The van der Waals surface area contributed by atoms with E-state index in [1.165, 1.54) is 17.5 Å². The van der Waals surface area contributed by atoms with Crippen molar-refractivity contribution in [1.29, 1.82) is 0 Å². The summed E-state index contributed by atoms with van der Waals surface area (Å²) in [6.45, 7) is 0. The predicted molar refractivity (Wildman–Crippen MR) is 60.1 cm³/mol. The predicted octanol–water partition coefficient (Wildman–Crippen LogP) is 2.24. The third-order valence-electron chi connectivity index (χ3n) is 3.08. The third-order valence-corrected chi connectivity index (χ3v) is 3.08. The Balaban J connectivity index is 2.22. The van der Waals surface area contributed by atoms with Crippen LogP contribution in [0.4, 0.5) is 0 Å². The summed E-state index contributed by atoms with van der Waals surface area (Å²) in [6.07, 6.45) is 4.14. The number of oxime groups is 1. The van der Waals surface area contributed by atoms with E-state index < -0.39 is 0 Å². The topological polar surface area (TPSA) is 58.6 Å². The van der Waals surface area contributed by atoms with Crippen LogP contribution in [-0.2, 0) is 6.42 Å². The molecule has 80 valence electrons. The summed E-state index contributed by atoms with van der Waals surface area (Å²) < 4.78 is 0. The van der Waals surface area contributed by atoms with Gasteiger partial charge in [0.2, 0.25) is 0 Å². The fourth-order valence-electron chi connectivity index (χ4n) is 2.36. The van der Waals surface area contributed by atoms with Crippen molar-refractivity contribution in [3.05, 3.63) is 35.4 Å². The van der Waals surface area contributed by atoms with Gasteiger partial charge in [-0.2, -0.15) is 0 Å². The molecular weight excluding hydrogens is 188 g/mol. The van der Waals surface area contributed by atoms with Crippen molar-refractivity contribution in [2.24, 2.45) is 10.9 Å². The van der Waals surface area contributed by atoms with Gasteiger partial charge in [0.1, 0.15) is 5.84 Å². The first-order valence-corrected chi connectivity index (χ1v) is 5.35. The van der Waals surface area contributed by atoms with E-state index in [1.807, 2.05) is 0 Å². The van der Waals surface area contributed by atoms with E-state index >= 15 is 0 Å². The summed E-state index contributed by atoms with van der Waals surface area (Å²) >= 11 is 0. The molecule has 3 N–H and O–H groups in total. The molecule has 1 aromatic carbocycles. The second kappa shape index (κ2) is 4.34. The van der Waals surface area contributed by atoms with Crippen LogP contribution in [0.2, 0.25) is 0 Å². The molecule has 0 saturated heterocycles. The molecule has 1 aliphatic rings. The zero-order valence-electron chi connectivity index (χ0n) is 8.69. The number of benzene rings is 1. The number of amidine groups is 1. The molecule has 0 saturated carbocycles. The average molecular weight is 204 g/mol. The van der Waals surface area contributed by atoms with Crippen LogP contribution < -0.4 is 5.73 Å². The van der Waals surface area contributed by atoms with Gasteiger partial charge in [0.15, 0.2) is 0 Å². The van der Waals surface area contributed by atoms with Crippen molar-refractivity contribution in [3.8, 4) is 0 Å². The lowest BCUT2D eigenvalue weighted by atomic mass is 9.81. The first-order chi connectivity index (χ1) is 7.31. The average Bonchev–Trinajstić information content (AvgIpc) is 2.29. The summed E-state index contributed by atoms with van der Waals surface area (Å²) in [6, 6.07) is 8.46. The normalized spacial score (nSPS) is 21.1. The molecule has 1 atom stereocenters. The molecular formula is C12H16N2O. The van der Waals surface area contributed by atoms with Crippen LogP contribution in [0.25, 0.3) is 0 Å². The van der Waals surface area contributed by atoms with Crippen molar-refractivity contribution in [2.45, 2.75) is 31.6 Å². The Morgan fingerprint density at radius 3 is 3.07 bits per heavy atom. The van der Waals surface area contributed by atoms with Crippen LogP contribution in [0.5, 0.6) is 0 Å². The molecule has 0 radical (unpaired) electrons. The number of nitrogens with two attached hydrogens (primary N) is 1. The van der Waals surface area contributed by atoms with Gasteiger partial charge in [0.25, 0.3) is 0 Å². The van der Waals surface area contributed by atoms with E-state index in [-0.39, 0.29) is 0 Å². The Bertz CT molecular complexity index is 374. The molecule has 0 aliphatic heterocycles. The van der Waals surface area contributed by atoms with E-state index in [0.29, 0.717) is 18.2 Å². The lowest BCUT2D eigenvalue weighted by Gasteiger charge is -2.24. The van der Waals surface area contributed by atoms with E-state index in [9.17, 15) is 0 Å². The van der Waals surface area contributed by atoms with Crippen molar-refractivity contribution in [3.63, 3.8) is 0 Å². The highest BCUT2D eigenvalue weighted by Crippen LogP contribution is 2.33. The summed E-state index contributed by atoms with van der Waals surface area (Å²) in [4.78, 5) is 0. The first kappa shape index (κ1) is 10.0.